The highest BCUT2D eigenvalue weighted by atomic mass is 16.6. The van der Waals surface area contributed by atoms with E-state index in [4.69, 9.17) is 4.74 Å². The normalized spacial score (nSPS) is 12.0. The van der Waals surface area contributed by atoms with Gasteiger partial charge in [-0.25, -0.2) is 5.43 Å². The summed E-state index contributed by atoms with van der Waals surface area (Å²) >= 11 is 0. The Morgan fingerprint density at radius 2 is 1.71 bits per heavy atom. The Bertz CT molecular complexity index is 1190. The zero-order chi connectivity index (χ0) is 25.6. The van der Waals surface area contributed by atoms with Crippen LogP contribution in [0.1, 0.15) is 52.3 Å². The summed E-state index contributed by atoms with van der Waals surface area (Å²) in [6.07, 6.45) is 4.36. The largest absolute Gasteiger partial charge is 0.484 e. The third kappa shape index (κ3) is 7.27. The molecule has 3 aromatic rings. The molecule has 1 N–H and O–H groups in total. The molecule has 0 atom stereocenters. The summed E-state index contributed by atoms with van der Waals surface area (Å²) in [5.74, 6) is 0.235. The molecule has 35 heavy (non-hydrogen) atoms. The van der Waals surface area contributed by atoms with Gasteiger partial charge in [-0.1, -0.05) is 46.8 Å². The molecule has 8 heteroatoms. The zero-order valence-corrected chi connectivity index (χ0v) is 20.8. The van der Waals surface area contributed by atoms with Crippen LogP contribution in [0.5, 0.6) is 5.75 Å². The number of hydrogen-bond acceptors (Lipinski definition) is 5. The van der Waals surface area contributed by atoms with E-state index in [1.165, 1.54) is 23.9 Å². The SMILES string of the molecule is CC(C)(C)CC(C)(C)c1ccc(OCC(=O)N/N=C/c2cccn2-c2ccc([N+](=O)[O-])cc2)cc1. The number of carbonyl (C=O) groups excluding carboxylic acids is 1. The van der Waals surface area contributed by atoms with E-state index in [1.807, 2.05) is 36.4 Å². The fraction of sp³-hybridized carbons (Fsp3) is 0.333. The fourth-order valence-electron chi connectivity index (χ4n) is 4.25. The lowest BCUT2D eigenvalue weighted by Crippen LogP contribution is -2.25. The summed E-state index contributed by atoms with van der Waals surface area (Å²) in [5.41, 5.74) is 5.41. The van der Waals surface area contributed by atoms with Crippen molar-refractivity contribution < 1.29 is 14.5 Å². The van der Waals surface area contributed by atoms with Gasteiger partial charge in [-0.2, -0.15) is 5.10 Å². The lowest BCUT2D eigenvalue weighted by molar-refractivity contribution is -0.384. The number of hydrazone groups is 1. The Balaban J connectivity index is 1.53. The number of nitro groups is 1. The van der Waals surface area contributed by atoms with Crippen molar-refractivity contribution in [2.45, 2.75) is 46.5 Å². The molecular formula is C27H32N4O4. The van der Waals surface area contributed by atoms with E-state index >= 15 is 0 Å². The second-order valence-corrected chi connectivity index (χ2v) is 10.3. The molecule has 0 aliphatic carbocycles. The molecule has 1 amide bonds. The molecule has 1 aromatic heterocycles. The van der Waals surface area contributed by atoms with Crippen molar-refractivity contribution >= 4 is 17.8 Å². The molecule has 0 aliphatic heterocycles. The monoisotopic (exact) mass is 476 g/mol. The number of nitro benzene ring substituents is 1. The molecule has 0 fully saturated rings. The van der Waals surface area contributed by atoms with Gasteiger partial charge in [0.1, 0.15) is 5.75 Å². The maximum Gasteiger partial charge on any atom is 0.277 e. The number of hydrogen-bond donors (Lipinski definition) is 1. The molecule has 0 unspecified atom stereocenters. The van der Waals surface area contributed by atoms with Crippen LogP contribution in [-0.4, -0.2) is 28.2 Å². The summed E-state index contributed by atoms with van der Waals surface area (Å²) in [7, 11) is 0. The summed E-state index contributed by atoms with van der Waals surface area (Å²) < 4.78 is 7.41. The van der Waals surface area contributed by atoms with Crippen LogP contribution >= 0.6 is 0 Å². The third-order valence-corrected chi connectivity index (χ3v) is 5.48. The Hall–Kier alpha value is -3.94. The molecule has 1 heterocycles. The average molecular weight is 477 g/mol. The van der Waals surface area contributed by atoms with Crippen LogP contribution in [0.4, 0.5) is 5.69 Å². The van der Waals surface area contributed by atoms with Gasteiger partial charge in [0.2, 0.25) is 0 Å². The molecule has 184 valence electrons. The van der Waals surface area contributed by atoms with Gasteiger partial charge >= 0.3 is 0 Å². The lowest BCUT2D eigenvalue weighted by Gasteiger charge is -2.33. The minimum Gasteiger partial charge on any atom is -0.484 e. The van der Waals surface area contributed by atoms with Crippen LogP contribution in [0.3, 0.4) is 0 Å². The van der Waals surface area contributed by atoms with E-state index in [0.717, 1.165) is 12.1 Å². The molecule has 0 bridgehead atoms. The zero-order valence-electron chi connectivity index (χ0n) is 20.8. The van der Waals surface area contributed by atoms with Gasteiger partial charge in [0.15, 0.2) is 6.61 Å². The molecule has 0 radical (unpaired) electrons. The highest BCUT2D eigenvalue weighted by molar-refractivity contribution is 5.82. The maximum atomic E-state index is 12.2. The maximum absolute atomic E-state index is 12.2. The first-order valence-corrected chi connectivity index (χ1v) is 11.4. The second kappa shape index (κ2) is 10.5. The van der Waals surface area contributed by atoms with Crippen molar-refractivity contribution in [2.24, 2.45) is 10.5 Å². The van der Waals surface area contributed by atoms with Gasteiger partial charge in [-0.05, 0) is 59.2 Å². The van der Waals surface area contributed by atoms with Gasteiger partial charge in [0.05, 0.1) is 16.8 Å². The van der Waals surface area contributed by atoms with Crippen LogP contribution < -0.4 is 10.2 Å². The van der Waals surface area contributed by atoms with Crippen LogP contribution in [0, 0.1) is 15.5 Å². The van der Waals surface area contributed by atoms with Gasteiger partial charge in [-0.3, -0.25) is 14.9 Å². The van der Waals surface area contributed by atoms with E-state index in [2.05, 4.69) is 45.1 Å². The molecule has 8 nitrogen and oxygen atoms in total. The molecule has 0 aliphatic rings. The number of carbonyl (C=O) groups is 1. The molecule has 0 saturated heterocycles. The first-order valence-electron chi connectivity index (χ1n) is 11.4. The quantitative estimate of drug-likeness (QED) is 0.246. The molecule has 3 rings (SSSR count). The standard InChI is InChI=1S/C27H32N4O4/c1-26(2,3)19-27(4,5)20-8-14-24(15-9-20)35-18-25(32)29-28-17-23-7-6-16-30(23)21-10-12-22(13-11-21)31(33)34/h6-17H,18-19H2,1-5H3,(H,29,32)/b28-17+. The smallest absolute Gasteiger partial charge is 0.277 e. The minimum absolute atomic E-state index is 0.0200. The highest BCUT2D eigenvalue weighted by Gasteiger charge is 2.27. The van der Waals surface area contributed by atoms with Crippen molar-refractivity contribution in [3.63, 3.8) is 0 Å². The van der Waals surface area contributed by atoms with E-state index in [0.29, 0.717) is 11.4 Å². The van der Waals surface area contributed by atoms with E-state index in [9.17, 15) is 14.9 Å². The van der Waals surface area contributed by atoms with E-state index < -0.39 is 4.92 Å². The number of non-ortho nitro benzene ring substituents is 1. The van der Waals surface area contributed by atoms with Crippen molar-refractivity contribution in [3.8, 4) is 11.4 Å². The molecule has 0 saturated carbocycles. The van der Waals surface area contributed by atoms with Crippen molar-refractivity contribution in [1.29, 1.82) is 0 Å². The fourth-order valence-corrected chi connectivity index (χ4v) is 4.25. The number of ether oxygens (including phenoxy) is 1. The van der Waals surface area contributed by atoms with Crippen LogP contribution in [0.15, 0.2) is 72.0 Å². The molecular weight excluding hydrogens is 444 g/mol. The minimum atomic E-state index is -0.443. The number of amides is 1. The van der Waals surface area contributed by atoms with Gasteiger partial charge in [-0.15, -0.1) is 0 Å². The van der Waals surface area contributed by atoms with E-state index in [-0.39, 0.29) is 29.0 Å². The van der Waals surface area contributed by atoms with Crippen molar-refractivity contribution in [3.05, 3.63) is 88.2 Å². The lowest BCUT2D eigenvalue weighted by atomic mass is 9.72. The van der Waals surface area contributed by atoms with Gasteiger partial charge in [0, 0.05) is 24.0 Å². The Morgan fingerprint density at radius 1 is 1.06 bits per heavy atom. The number of aromatic nitrogens is 1. The van der Waals surface area contributed by atoms with Crippen molar-refractivity contribution in [2.75, 3.05) is 6.61 Å². The van der Waals surface area contributed by atoms with E-state index in [1.54, 1.807) is 22.9 Å². The summed E-state index contributed by atoms with van der Waals surface area (Å²) in [6.45, 7) is 11.0. The second-order valence-electron chi connectivity index (χ2n) is 10.3. The Kier molecular flexibility index (Phi) is 7.74. The number of benzene rings is 2. The first kappa shape index (κ1) is 25.7. The number of nitrogens with one attached hydrogen (secondary N) is 1. The molecule has 0 spiro atoms. The Labute approximate surface area is 205 Å². The summed E-state index contributed by atoms with van der Waals surface area (Å²) in [5, 5.41) is 14.8. The predicted molar refractivity (Wildman–Crippen MR) is 137 cm³/mol. The van der Waals surface area contributed by atoms with Crippen LogP contribution in [-0.2, 0) is 10.2 Å². The van der Waals surface area contributed by atoms with Gasteiger partial charge < -0.3 is 9.30 Å². The number of rotatable bonds is 9. The Morgan fingerprint density at radius 3 is 2.31 bits per heavy atom. The summed E-state index contributed by atoms with van der Waals surface area (Å²) in [4.78, 5) is 22.6. The third-order valence-electron chi connectivity index (χ3n) is 5.48. The average Bonchev–Trinajstić information content (AvgIpc) is 3.25. The molecule has 2 aromatic carbocycles. The summed E-state index contributed by atoms with van der Waals surface area (Å²) in [6, 6.07) is 17.7. The van der Waals surface area contributed by atoms with Crippen molar-refractivity contribution in [1.82, 2.24) is 9.99 Å². The first-order chi connectivity index (χ1) is 16.4. The highest BCUT2D eigenvalue weighted by Crippen LogP contribution is 2.36. The topological polar surface area (TPSA) is 98.8 Å². The van der Waals surface area contributed by atoms with Gasteiger partial charge in [0.25, 0.3) is 11.6 Å². The van der Waals surface area contributed by atoms with Crippen LogP contribution in [0.2, 0.25) is 0 Å². The van der Waals surface area contributed by atoms with Crippen LogP contribution in [0.25, 0.3) is 5.69 Å². The number of nitrogens with zero attached hydrogens (tertiary/aromatic N) is 3. The predicted octanol–water partition coefficient (Wildman–Crippen LogP) is 5.63.